The van der Waals surface area contributed by atoms with Crippen LogP contribution in [0.1, 0.15) is 30.8 Å². The molecule has 1 atom stereocenters. The van der Waals surface area contributed by atoms with Crippen molar-refractivity contribution in [2.24, 2.45) is 5.92 Å². The topological polar surface area (TPSA) is 106 Å². The molecule has 0 aliphatic carbocycles. The number of hydrogen-bond donors (Lipinski definition) is 2. The van der Waals surface area contributed by atoms with Crippen molar-refractivity contribution in [3.8, 4) is 22.7 Å². The molecule has 0 bridgehead atoms. The molecule has 4 rings (SSSR count). The zero-order valence-electron chi connectivity index (χ0n) is 20.2. The van der Waals surface area contributed by atoms with E-state index in [1.54, 1.807) is 24.3 Å². The van der Waals surface area contributed by atoms with Gasteiger partial charge in [0.15, 0.2) is 5.69 Å². The molecule has 12 heteroatoms. The minimum Gasteiger partial charge on any atom is -0.480 e. The summed E-state index contributed by atoms with van der Waals surface area (Å²) in [4.78, 5) is 29.1. The fourth-order valence-electron chi connectivity index (χ4n) is 3.98. The minimum atomic E-state index is -4.97. The predicted molar refractivity (Wildman–Crippen MR) is 134 cm³/mol. The molecule has 2 N–H and O–H groups in total. The molecule has 2 aromatic heterocycles. The number of aromatic nitrogens is 3. The van der Waals surface area contributed by atoms with Crippen LogP contribution in [0.25, 0.3) is 27.8 Å². The Bertz CT molecular complexity index is 1500. The largest absolute Gasteiger partial charge is 0.573 e. The highest BCUT2D eigenvalue weighted by Gasteiger charge is 2.33. The van der Waals surface area contributed by atoms with Crippen LogP contribution in [-0.2, 0) is 4.79 Å². The predicted octanol–water partition coefficient (Wildman–Crippen LogP) is 5.87. The van der Waals surface area contributed by atoms with E-state index in [1.807, 2.05) is 13.8 Å². The van der Waals surface area contributed by atoms with Gasteiger partial charge in [-0.2, -0.15) is 5.10 Å². The molecule has 198 valence electrons. The first kappa shape index (κ1) is 26.9. The van der Waals surface area contributed by atoms with Crippen LogP contribution in [-0.4, -0.2) is 44.2 Å². The lowest BCUT2D eigenvalue weighted by Crippen LogP contribution is -2.41. The monoisotopic (exact) mass is 546 g/mol. The normalized spacial score (nSPS) is 12.5. The van der Waals surface area contributed by atoms with E-state index in [0.717, 1.165) is 6.07 Å². The minimum absolute atomic E-state index is 0.00673. The highest BCUT2D eigenvalue weighted by atomic mass is 35.5. The zero-order chi connectivity index (χ0) is 27.6. The number of hydrogen-bond acceptors (Lipinski definition) is 5. The Morgan fingerprint density at radius 2 is 1.87 bits per heavy atom. The van der Waals surface area contributed by atoms with Gasteiger partial charge in [-0.1, -0.05) is 37.6 Å². The Balaban J connectivity index is 1.89. The molecule has 0 spiro atoms. The van der Waals surface area contributed by atoms with Gasteiger partial charge < -0.3 is 15.2 Å². The number of amides is 1. The number of carbonyl (C=O) groups is 2. The third kappa shape index (κ3) is 6.05. The second-order valence-corrected chi connectivity index (χ2v) is 9.29. The zero-order valence-corrected chi connectivity index (χ0v) is 20.9. The number of fused-ring (bicyclic) bond motifs is 1. The molecule has 2 heterocycles. The second-order valence-electron chi connectivity index (χ2n) is 8.86. The number of carbonyl (C=O) groups excluding carboxylic acids is 1. The quantitative estimate of drug-likeness (QED) is 0.286. The molecule has 0 fully saturated rings. The Morgan fingerprint density at radius 1 is 1.13 bits per heavy atom. The third-order valence-electron chi connectivity index (χ3n) is 5.55. The molecule has 0 aliphatic heterocycles. The van der Waals surface area contributed by atoms with Gasteiger partial charge in [-0.25, -0.2) is 9.48 Å². The number of nitrogens with one attached hydrogen (secondary N) is 1. The van der Waals surface area contributed by atoms with Gasteiger partial charge in [0.25, 0.3) is 5.91 Å². The summed E-state index contributed by atoms with van der Waals surface area (Å²) < 4.78 is 45.1. The molecular weight excluding hydrogens is 525 g/mol. The van der Waals surface area contributed by atoms with Crippen LogP contribution in [0.15, 0.2) is 60.8 Å². The lowest BCUT2D eigenvalue weighted by atomic mass is 10.0. The third-order valence-corrected chi connectivity index (χ3v) is 5.79. The average molecular weight is 547 g/mol. The van der Waals surface area contributed by atoms with Crippen LogP contribution in [0.3, 0.4) is 0 Å². The standard InChI is InChI=1S/C26H22ClF3N4O4/c1-14(2)11-20(25(36)37)32-24(35)19-13-22(17-5-3-4-6-23(17)38-26(28,29)30)34(33-19)21-9-10-31-18-12-15(27)7-8-16(18)21/h3-10,12-14,20H,11H2,1-2H3,(H,32,35)(H,36,37)/t20-/m0/s1. The summed E-state index contributed by atoms with van der Waals surface area (Å²) in [5, 5.41) is 17.3. The van der Waals surface area contributed by atoms with Gasteiger partial charge in [0.2, 0.25) is 0 Å². The molecular formula is C26H22ClF3N4O4. The van der Waals surface area contributed by atoms with Crippen molar-refractivity contribution < 1.29 is 32.6 Å². The molecule has 0 saturated carbocycles. The number of ether oxygens (including phenoxy) is 1. The maximum atomic E-state index is 13.2. The first-order valence-electron chi connectivity index (χ1n) is 11.5. The Hall–Kier alpha value is -4.12. The number of pyridine rings is 1. The summed E-state index contributed by atoms with van der Waals surface area (Å²) in [5.41, 5.74) is 0.806. The Labute approximate surface area is 220 Å². The highest BCUT2D eigenvalue weighted by Crippen LogP contribution is 2.36. The van der Waals surface area contributed by atoms with Gasteiger partial charge in [-0.05, 0) is 54.8 Å². The van der Waals surface area contributed by atoms with E-state index < -0.39 is 30.0 Å². The lowest BCUT2D eigenvalue weighted by Gasteiger charge is -2.15. The number of aliphatic carboxylic acids is 1. The average Bonchev–Trinajstić information content (AvgIpc) is 3.27. The van der Waals surface area contributed by atoms with E-state index in [0.29, 0.717) is 21.6 Å². The van der Waals surface area contributed by atoms with Gasteiger partial charge in [0.05, 0.1) is 16.9 Å². The number of carboxylic acid groups (broad SMARTS) is 1. The highest BCUT2D eigenvalue weighted by molar-refractivity contribution is 6.31. The lowest BCUT2D eigenvalue weighted by molar-refractivity contribution is -0.274. The van der Waals surface area contributed by atoms with Gasteiger partial charge in [-0.3, -0.25) is 9.78 Å². The molecule has 2 aromatic carbocycles. The fraction of sp³-hybridized carbons (Fsp3) is 0.231. The molecule has 0 aliphatic rings. The molecule has 0 saturated heterocycles. The van der Waals surface area contributed by atoms with Crippen molar-refractivity contribution in [3.63, 3.8) is 0 Å². The number of halogens is 4. The van der Waals surface area contributed by atoms with E-state index in [4.69, 9.17) is 11.6 Å². The van der Waals surface area contributed by atoms with Crippen molar-refractivity contribution in [3.05, 3.63) is 71.5 Å². The van der Waals surface area contributed by atoms with Crippen molar-refractivity contribution >= 4 is 34.4 Å². The molecule has 0 radical (unpaired) electrons. The number of rotatable bonds is 8. The van der Waals surface area contributed by atoms with Crippen LogP contribution < -0.4 is 10.1 Å². The smallest absolute Gasteiger partial charge is 0.480 e. The number of alkyl halides is 3. The maximum absolute atomic E-state index is 13.2. The van der Waals surface area contributed by atoms with E-state index >= 15 is 0 Å². The summed E-state index contributed by atoms with van der Waals surface area (Å²) in [6, 6.07) is 12.0. The van der Waals surface area contributed by atoms with E-state index in [-0.39, 0.29) is 29.3 Å². The Morgan fingerprint density at radius 3 is 2.55 bits per heavy atom. The number of nitrogens with zero attached hydrogens (tertiary/aromatic N) is 3. The summed E-state index contributed by atoms with van der Waals surface area (Å²) in [7, 11) is 0. The van der Waals surface area contributed by atoms with E-state index in [2.05, 4.69) is 20.1 Å². The van der Waals surface area contributed by atoms with Crippen molar-refractivity contribution in [1.29, 1.82) is 0 Å². The first-order chi connectivity index (χ1) is 17.9. The molecule has 0 unspecified atom stereocenters. The SMILES string of the molecule is CC(C)C[C@H](NC(=O)c1cc(-c2ccccc2OC(F)(F)F)n(-c2ccnc3cc(Cl)ccc23)n1)C(=O)O. The van der Waals surface area contributed by atoms with Crippen molar-refractivity contribution in [2.75, 3.05) is 0 Å². The number of para-hydroxylation sites is 1. The summed E-state index contributed by atoms with van der Waals surface area (Å²) in [5.74, 6) is -2.54. The Kier molecular flexibility index (Phi) is 7.58. The molecule has 8 nitrogen and oxygen atoms in total. The van der Waals surface area contributed by atoms with Gasteiger partial charge in [0.1, 0.15) is 11.8 Å². The van der Waals surface area contributed by atoms with Crippen LogP contribution in [0.2, 0.25) is 5.02 Å². The summed E-state index contributed by atoms with van der Waals surface area (Å²) >= 11 is 6.10. The van der Waals surface area contributed by atoms with Crippen LogP contribution in [0.5, 0.6) is 5.75 Å². The second kappa shape index (κ2) is 10.7. The molecule has 1 amide bonds. The molecule has 4 aromatic rings. The number of benzene rings is 2. The first-order valence-corrected chi connectivity index (χ1v) is 11.8. The van der Waals surface area contributed by atoms with Gasteiger partial charge in [0, 0.05) is 22.2 Å². The fourth-order valence-corrected chi connectivity index (χ4v) is 4.14. The van der Waals surface area contributed by atoms with Crippen LogP contribution in [0, 0.1) is 5.92 Å². The maximum Gasteiger partial charge on any atom is 0.573 e. The van der Waals surface area contributed by atoms with Crippen molar-refractivity contribution in [2.45, 2.75) is 32.7 Å². The van der Waals surface area contributed by atoms with Gasteiger partial charge >= 0.3 is 12.3 Å². The summed E-state index contributed by atoms with van der Waals surface area (Å²) in [6.45, 7) is 3.63. The van der Waals surface area contributed by atoms with Crippen LogP contribution in [0.4, 0.5) is 13.2 Å². The van der Waals surface area contributed by atoms with Gasteiger partial charge in [-0.15, -0.1) is 13.2 Å². The van der Waals surface area contributed by atoms with E-state index in [9.17, 15) is 27.9 Å². The van der Waals surface area contributed by atoms with Crippen LogP contribution >= 0.6 is 11.6 Å². The molecule has 38 heavy (non-hydrogen) atoms. The number of carboxylic acids is 1. The van der Waals surface area contributed by atoms with Crippen molar-refractivity contribution in [1.82, 2.24) is 20.1 Å². The summed E-state index contributed by atoms with van der Waals surface area (Å²) in [6.07, 6.45) is -3.32. The van der Waals surface area contributed by atoms with E-state index in [1.165, 1.54) is 35.1 Å².